The third kappa shape index (κ3) is 8.04. The Morgan fingerprint density at radius 3 is 2.42 bits per heavy atom. The smallest absolute Gasteiger partial charge is 0.303 e. The maximum absolute atomic E-state index is 12.3. The van der Waals surface area contributed by atoms with Crippen LogP contribution in [0.3, 0.4) is 0 Å². The summed E-state index contributed by atoms with van der Waals surface area (Å²) in [7, 11) is 0. The molecular formula is C23H28N8O5. The van der Waals surface area contributed by atoms with Gasteiger partial charge < -0.3 is 26.8 Å². The van der Waals surface area contributed by atoms with E-state index in [1.54, 1.807) is 12.1 Å². The average Bonchev–Trinajstić information content (AvgIpc) is 2.86. The van der Waals surface area contributed by atoms with Crippen molar-refractivity contribution in [1.82, 2.24) is 30.6 Å². The lowest BCUT2D eigenvalue weighted by Gasteiger charge is -2.08. The predicted molar refractivity (Wildman–Crippen MR) is 132 cm³/mol. The van der Waals surface area contributed by atoms with Crippen LogP contribution < -0.4 is 27.2 Å². The van der Waals surface area contributed by atoms with Crippen molar-refractivity contribution in [2.24, 2.45) is 0 Å². The first kappa shape index (κ1) is 26.1. The number of carboxylic acids is 1. The number of hydrogen-bond donors (Lipinski definition) is 6. The van der Waals surface area contributed by atoms with Gasteiger partial charge in [-0.15, -0.1) is 0 Å². The zero-order valence-electron chi connectivity index (χ0n) is 19.5. The molecule has 0 fully saturated rings. The van der Waals surface area contributed by atoms with Gasteiger partial charge in [-0.25, -0.2) is 9.97 Å². The first-order valence-electron chi connectivity index (χ1n) is 11.4. The molecule has 36 heavy (non-hydrogen) atoms. The molecule has 0 aliphatic carbocycles. The molecule has 3 rings (SSSR count). The highest BCUT2D eigenvalue weighted by molar-refractivity contribution is 5.94. The number of H-pyrrole nitrogens is 1. The van der Waals surface area contributed by atoms with Crippen LogP contribution in [0.25, 0.3) is 11.2 Å². The molecule has 3 aromatic rings. The van der Waals surface area contributed by atoms with Gasteiger partial charge in [0, 0.05) is 31.6 Å². The van der Waals surface area contributed by atoms with Crippen molar-refractivity contribution in [3.05, 3.63) is 51.9 Å². The molecule has 13 nitrogen and oxygen atoms in total. The number of carboxylic acid groups (broad SMARTS) is 1. The molecule has 0 radical (unpaired) electrons. The largest absolute Gasteiger partial charge is 0.481 e. The highest BCUT2D eigenvalue weighted by Crippen LogP contribution is 2.10. The number of nitrogens with zero attached hydrogens (tertiary/aromatic N) is 3. The fourth-order valence-electron chi connectivity index (χ4n) is 3.25. The molecule has 13 heteroatoms. The van der Waals surface area contributed by atoms with E-state index in [9.17, 15) is 19.2 Å². The number of benzene rings is 1. The number of nitrogen functional groups attached to an aromatic ring is 1. The zero-order chi connectivity index (χ0) is 25.9. The minimum absolute atomic E-state index is 0.0213. The van der Waals surface area contributed by atoms with Crippen LogP contribution in [0.2, 0.25) is 0 Å². The second kappa shape index (κ2) is 12.8. The summed E-state index contributed by atoms with van der Waals surface area (Å²) in [5, 5.41) is 17.2. The van der Waals surface area contributed by atoms with Crippen molar-refractivity contribution < 1.29 is 19.5 Å². The van der Waals surface area contributed by atoms with Crippen LogP contribution in [0.5, 0.6) is 0 Å². The van der Waals surface area contributed by atoms with E-state index < -0.39 is 11.5 Å². The Bertz CT molecular complexity index is 1280. The molecule has 0 saturated carbocycles. The van der Waals surface area contributed by atoms with Gasteiger partial charge in [0.25, 0.3) is 11.5 Å². The van der Waals surface area contributed by atoms with Crippen molar-refractivity contribution in [2.45, 2.75) is 38.6 Å². The van der Waals surface area contributed by atoms with Gasteiger partial charge in [0.05, 0.1) is 12.6 Å². The summed E-state index contributed by atoms with van der Waals surface area (Å²) >= 11 is 0. The SMILES string of the molecule is Nc1nc2ncc(NCc3ccc(C(=O)NCCCCCNC(=O)CCC(=O)O)cc3)nc2c(=O)[nH]1. The third-order valence-corrected chi connectivity index (χ3v) is 5.15. The fraction of sp³-hybridized carbons (Fsp3) is 0.348. The lowest BCUT2D eigenvalue weighted by molar-refractivity contribution is -0.138. The van der Waals surface area contributed by atoms with Gasteiger partial charge in [0.15, 0.2) is 11.2 Å². The van der Waals surface area contributed by atoms with E-state index in [-0.39, 0.29) is 41.8 Å². The number of carbonyl (C=O) groups excluding carboxylic acids is 2. The number of unbranched alkanes of at least 4 members (excludes halogenated alkanes) is 2. The first-order chi connectivity index (χ1) is 17.3. The zero-order valence-corrected chi connectivity index (χ0v) is 19.5. The number of hydrogen-bond acceptors (Lipinski definition) is 9. The van der Waals surface area contributed by atoms with Crippen molar-refractivity contribution in [2.75, 3.05) is 24.1 Å². The van der Waals surface area contributed by atoms with Crippen LogP contribution in [0.4, 0.5) is 11.8 Å². The standard InChI is InChI=1S/C23H28N8O5/c24-23-30-20-19(22(36)31-23)29-16(13-28-20)27-12-14-4-6-15(7-5-14)21(35)26-11-3-1-2-10-25-17(32)8-9-18(33)34/h4-7,13H,1-3,8-12H2,(H,25,32)(H,26,35)(H,27,29)(H,33,34)(H3,24,28,30,31,36). The lowest BCUT2D eigenvalue weighted by Crippen LogP contribution is -2.26. The molecule has 0 atom stereocenters. The third-order valence-electron chi connectivity index (χ3n) is 5.15. The van der Waals surface area contributed by atoms with Gasteiger partial charge in [-0.3, -0.25) is 24.2 Å². The van der Waals surface area contributed by atoms with Crippen LogP contribution in [0.1, 0.15) is 48.0 Å². The highest BCUT2D eigenvalue weighted by Gasteiger charge is 2.08. The second-order valence-corrected chi connectivity index (χ2v) is 7.99. The number of fused-ring (bicyclic) bond motifs is 1. The number of nitrogens with two attached hydrogens (primary N) is 1. The Labute approximate surface area is 205 Å². The van der Waals surface area contributed by atoms with Crippen LogP contribution in [-0.4, -0.2) is 55.9 Å². The predicted octanol–water partition coefficient (Wildman–Crippen LogP) is 0.789. The van der Waals surface area contributed by atoms with E-state index in [1.165, 1.54) is 6.20 Å². The van der Waals surface area contributed by atoms with E-state index in [2.05, 4.69) is 35.9 Å². The monoisotopic (exact) mass is 496 g/mol. The van der Waals surface area contributed by atoms with E-state index in [4.69, 9.17) is 10.8 Å². The summed E-state index contributed by atoms with van der Waals surface area (Å²) in [6.07, 6.45) is 3.59. The van der Waals surface area contributed by atoms with Gasteiger partial charge in [-0.1, -0.05) is 12.1 Å². The molecule has 0 saturated heterocycles. The van der Waals surface area contributed by atoms with Crippen LogP contribution in [-0.2, 0) is 16.1 Å². The number of rotatable bonds is 13. The van der Waals surface area contributed by atoms with Gasteiger partial charge in [-0.2, -0.15) is 4.98 Å². The van der Waals surface area contributed by atoms with Crippen LogP contribution >= 0.6 is 0 Å². The summed E-state index contributed by atoms with van der Waals surface area (Å²) in [4.78, 5) is 60.8. The van der Waals surface area contributed by atoms with Crippen molar-refractivity contribution in [1.29, 1.82) is 0 Å². The van der Waals surface area contributed by atoms with Gasteiger partial charge >= 0.3 is 5.97 Å². The lowest BCUT2D eigenvalue weighted by atomic mass is 10.1. The van der Waals surface area contributed by atoms with Crippen LogP contribution in [0, 0.1) is 0 Å². The molecule has 2 heterocycles. The molecular weight excluding hydrogens is 468 g/mol. The molecule has 0 aliphatic heterocycles. The molecule has 0 bridgehead atoms. The summed E-state index contributed by atoms with van der Waals surface area (Å²) in [5.41, 5.74) is 6.72. The quantitative estimate of drug-likeness (QED) is 0.183. The summed E-state index contributed by atoms with van der Waals surface area (Å²) in [6.45, 7) is 1.40. The maximum atomic E-state index is 12.3. The Morgan fingerprint density at radius 2 is 1.69 bits per heavy atom. The Balaban J connectivity index is 1.36. The van der Waals surface area contributed by atoms with Crippen molar-refractivity contribution in [3.8, 4) is 0 Å². The molecule has 0 spiro atoms. The van der Waals surface area contributed by atoms with Crippen molar-refractivity contribution >= 4 is 40.7 Å². The topological polar surface area (TPSA) is 205 Å². The van der Waals surface area contributed by atoms with Crippen LogP contribution in [0.15, 0.2) is 35.3 Å². The molecule has 190 valence electrons. The van der Waals surface area contributed by atoms with Crippen molar-refractivity contribution in [3.63, 3.8) is 0 Å². The highest BCUT2D eigenvalue weighted by atomic mass is 16.4. The minimum Gasteiger partial charge on any atom is -0.481 e. The van der Waals surface area contributed by atoms with E-state index in [1.807, 2.05) is 12.1 Å². The molecule has 0 unspecified atom stereocenters. The summed E-state index contributed by atoms with van der Waals surface area (Å²) in [6, 6.07) is 7.09. The number of nitrogens with one attached hydrogen (secondary N) is 4. The summed E-state index contributed by atoms with van der Waals surface area (Å²) in [5.74, 6) is -1.06. The Morgan fingerprint density at radius 1 is 0.972 bits per heavy atom. The van der Waals surface area contributed by atoms with E-state index in [0.29, 0.717) is 31.0 Å². The molecule has 0 aliphatic rings. The molecule has 2 amide bonds. The molecule has 7 N–H and O–H groups in total. The molecule has 1 aromatic carbocycles. The second-order valence-electron chi connectivity index (χ2n) is 7.99. The number of amides is 2. The maximum Gasteiger partial charge on any atom is 0.303 e. The summed E-state index contributed by atoms with van der Waals surface area (Å²) < 4.78 is 0. The van der Waals surface area contributed by atoms with Gasteiger partial charge in [0.1, 0.15) is 5.82 Å². The van der Waals surface area contributed by atoms with Gasteiger partial charge in [0.2, 0.25) is 11.9 Å². The number of aromatic nitrogens is 4. The molecule has 2 aromatic heterocycles. The number of anilines is 2. The normalized spacial score (nSPS) is 10.7. The Kier molecular flexibility index (Phi) is 9.26. The number of carbonyl (C=O) groups is 3. The van der Waals surface area contributed by atoms with E-state index >= 15 is 0 Å². The fourth-order valence-corrected chi connectivity index (χ4v) is 3.25. The average molecular weight is 497 g/mol. The first-order valence-corrected chi connectivity index (χ1v) is 11.4. The van der Waals surface area contributed by atoms with E-state index in [0.717, 1.165) is 24.8 Å². The number of aromatic amines is 1. The van der Waals surface area contributed by atoms with Gasteiger partial charge in [-0.05, 0) is 37.0 Å². The number of aliphatic carboxylic acids is 1. The Hall–Kier alpha value is -4.55. The minimum atomic E-state index is -0.994.